The van der Waals surface area contributed by atoms with Crippen LogP contribution in [0, 0.1) is 0 Å². The van der Waals surface area contributed by atoms with E-state index < -0.39 is 24.0 Å². The molecule has 0 aliphatic carbocycles. The van der Waals surface area contributed by atoms with E-state index in [2.05, 4.69) is 9.97 Å². The van der Waals surface area contributed by atoms with E-state index in [1.54, 1.807) is 0 Å². The fourth-order valence-corrected chi connectivity index (χ4v) is 1.33. The van der Waals surface area contributed by atoms with Gasteiger partial charge in [-0.3, -0.25) is 4.79 Å². The van der Waals surface area contributed by atoms with E-state index in [0.29, 0.717) is 12.8 Å². The molecule has 0 aliphatic rings. The molecule has 7 heteroatoms. The van der Waals surface area contributed by atoms with E-state index >= 15 is 0 Å². The zero-order valence-electron chi connectivity index (χ0n) is 8.69. The molecule has 0 amide bonds. The number of nitrogen functional groups attached to an aromatic ring is 1. The van der Waals surface area contributed by atoms with Crippen molar-refractivity contribution in [1.29, 1.82) is 0 Å². The molecule has 0 saturated heterocycles. The van der Waals surface area contributed by atoms with Gasteiger partial charge in [-0.15, -0.1) is 0 Å². The molecular formula is C9H12F3N3O. The first kappa shape index (κ1) is 12.5. The van der Waals surface area contributed by atoms with Gasteiger partial charge in [-0.2, -0.15) is 13.2 Å². The number of nitrogens with two attached hydrogens (primary N) is 1. The molecule has 90 valence electrons. The zero-order chi connectivity index (χ0) is 12.3. The maximum atomic E-state index is 12.1. The van der Waals surface area contributed by atoms with Crippen molar-refractivity contribution in [3.8, 4) is 0 Å². The van der Waals surface area contributed by atoms with Gasteiger partial charge in [-0.1, -0.05) is 13.3 Å². The van der Waals surface area contributed by atoms with Crippen LogP contribution in [-0.2, 0) is 12.8 Å². The summed E-state index contributed by atoms with van der Waals surface area (Å²) in [4.78, 5) is 17.0. The molecule has 0 bridgehead atoms. The summed E-state index contributed by atoms with van der Waals surface area (Å²) in [5.74, 6) is -0.570. The summed E-state index contributed by atoms with van der Waals surface area (Å²) in [6.45, 7) is 1.84. The minimum absolute atomic E-state index is 0.121. The number of hydrogen-bond acceptors (Lipinski definition) is 3. The molecule has 4 nitrogen and oxygen atoms in total. The van der Waals surface area contributed by atoms with Gasteiger partial charge in [0.1, 0.15) is 18.1 Å². The van der Waals surface area contributed by atoms with Gasteiger partial charge in [-0.25, -0.2) is 4.98 Å². The topological polar surface area (TPSA) is 71.8 Å². The summed E-state index contributed by atoms with van der Waals surface area (Å²) >= 11 is 0. The second-order valence-corrected chi connectivity index (χ2v) is 3.42. The highest BCUT2D eigenvalue weighted by molar-refractivity contribution is 5.37. The smallest absolute Gasteiger partial charge is 0.383 e. The molecule has 3 N–H and O–H groups in total. The van der Waals surface area contributed by atoms with Crippen LogP contribution in [0.3, 0.4) is 0 Å². The maximum absolute atomic E-state index is 12.1. The first-order valence-electron chi connectivity index (χ1n) is 4.77. The second-order valence-electron chi connectivity index (χ2n) is 3.42. The van der Waals surface area contributed by atoms with Crippen LogP contribution in [0.25, 0.3) is 0 Å². The highest BCUT2D eigenvalue weighted by atomic mass is 19.4. The van der Waals surface area contributed by atoms with Crippen LogP contribution in [0.2, 0.25) is 0 Å². The lowest BCUT2D eigenvalue weighted by atomic mass is 10.2. The van der Waals surface area contributed by atoms with Crippen molar-refractivity contribution in [3.05, 3.63) is 21.7 Å². The number of hydrogen-bond donors (Lipinski definition) is 2. The van der Waals surface area contributed by atoms with Crippen molar-refractivity contribution in [2.75, 3.05) is 5.73 Å². The standard InChI is InChI=1S/C9H12F3N3O/c1-2-3-5-7(13)14-6(15-8(5)16)4-9(10,11)12/h2-4H2,1H3,(H3,13,14,15,16). The third-order valence-corrected chi connectivity index (χ3v) is 1.96. The van der Waals surface area contributed by atoms with Gasteiger partial charge >= 0.3 is 6.18 Å². The quantitative estimate of drug-likeness (QED) is 0.832. The van der Waals surface area contributed by atoms with Crippen molar-refractivity contribution < 1.29 is 13.2 Å². The van der Waals surface area contributed by atoms with Crippen molar-refractivity contribution >= 4 is 5.82 Å². The molecular weight excluding hydrogens is 223 g/mol. The predicted octanol–water partition coefficient (Wildman–Crippen LogP) is 1.41. The minimum atomic E-state index is -4.41. The molecule has 0 spiro atoms. The Kier molecular flexibility index (Phi) is 3.56. The molecule has 0 saturated carbocycles. The number of halogens is 3. The van der Waals surface area contributed by atoms with Crippen molar-refractivity contribution in [3.63, 3.8) is 0 Å². The van der Waals surface area contributed by atoms with Crippen molar-refractivity contribution in [2.24, 2.45) is 0 Å². The summed E-state index contributed by atoms with van der Waals surface area (Å²) in [5, 5.41) is 0. The van der Waals surface area contributed by atoms with Crippen LogP contribution < -0.4 is 11.3 Å². The number of anilines is 1. The fraction of sp³-hybridized carbons (Fsp3) is 0.556. The lowest BCUT2D eigenvalue weighted by Gasteiger charge is -2.08. The number of nitrogens with one attached hydrogen (secondary N) is 1. The van der Waals surface area contributed by atoms with Crippen LogP contribution in [-0.4, -0.2) is 16.1 Å². The van der Waals surface area contributed by atoms with Gasteiger partial charge in [0.25, 0.3) is 5.56 Å². The van der Waals surface area contributed by atoms with E-state index in [1.165, 1.54) is 0 Å². The van der Waals surface area contributed by atoms with Gasteiger partial charge in [0, 0.05) is 0 Å². The summed E-state index contributed by atoms with van der Waals surface area (Å²) in [5.41, 5.74) is 5.08. The molecule has 0 unspecified atom stereocenters. The second kappa shape index (κ2) is 4.54. The lowest BCUT2D eigenvalue weighted by Crippen LogP contribution is -2.23. The number of aromatic nitrogens is 2. The van der Waals surface area contributed by atoms with Crippen LogP contribution in [0.5, 0.6) is 0 Å². The zero-order valence-corrected chi connectivity index (χ0v) is 8.69. The average Bonchev–Trinajstić information content (AvgIpc) is 2.08. The fourth-order valence-electron chi connectivity index (χ4n) is 1.33. The number of aromatic amines is 1. The molecule has 0 atom stereocenters. The van der Waals surface area contributed by atoms with Gasteiger partial charge in [0.05, 0.1) is 5.56 Å². The third kappa shape index (κ3) is 3.25. The van der Waals surface area contributed by atoms with Crippen molar-refractivity contribution in [2.45, 2.75) is 32.4 Å². The van der Waals surface area contributed by atoms with Gasteiger partial charge in [0.15, 0.2) is 0 Å². The van der Waals surface area contributed by atoms with Gasteiger partial charge in [0.2, 0.25) is 0 Å². The van der Waals surface area contributed by atoms with Crippen LogP contribution >= 0.6 is 0 Å². The molecule has 1 aromatic rings. The first-order valence-corrected chi connectivity index (χ1v) is 4.77. The van der Waals surface area contributed by atoms with Crippen LogP contribution in [0.15, 0.2) is 4.79 Å². The Balaban J connectivity index is 3.05. The molecule has 0 radical (unpaired) electrons. The van der Waals surface area contributed by atoms with E-state index in [0.717, 1.165) is 0 Å². The average molecular weight is 235 g/mol. The summed E-state index contributed by atoms with van der Waals surface area (Å²) in [7, 11) is 0. The molecule has 0 fully saturated rings. The lowest BCUT2D eigenvalue weighted by molar-refractivity contribution is -0.128. The van der Waals surface area contributed by atoms with Crippen molar-refractivity contribution in [1.82, 2.24) is 9.97 Å². The molecule has 16 heavy (non-hydrogen) atoms. The highest BCUT2D eigenvalue weighted by Gasteiger charge is 2.29. The first-order chi connectivity index (χ1) is 7.33. The van der Waals surface area contributed by atoms with Crippen LogP contribution in [0.1, 0.15) is 24.7 Å². The normalized spacial score (nSPS) is 11.8. The Hall–Kier alpha value is -1.53. The number of nitrogens with zero attached hydrogens (tertiary/aromatic N) is 1. The third-order valence-electron chi connectivity index (χ3n) is 1.96. The Morgan fingerprint density at radius 2 is 2.06 bits per heavy atom. The largest absolute Gasteiger partial charge is 0.396 e. The van der Waals surface area contributed by atoms with E-state index in [1.807, 2.05) is 6.92 Å². The monoisotopic (exact) mass is 235 g/mol. The SMILES string of the molecule is CCCc1c(N)nc(CC(F)(F)F)[nH]c1=O. The number of H-pyrrole nitrogens is 1. The summed E-state index contributed by atoms with van der Waals surface area (Å²) in [6, 6.07) is 0. The maximum Gasteiger partial charge on any atom is 0.396 e. The molecule has 1 aromatic heterocycles. The van der Waals surface area contributed by atoms with E-state index in [4.69, 9.17) is 5.73 Å². The molecule has 0 aromatic carbocycles. The summed E-state index contributed by atoms with van der Waals surface area (Å²) < 4.78 is 36.2. The van der Waals surface area contributed by atoms with Crippen LogP contribution in [0.4, 0.5) is 19.0 Å². The van der Waals surface area contributed by atoms with E-state index in [-0.39, 0.29) is 11.4 Å². The highest BCUT2D eigenvalue weighted by Crippen LogP contribution is 2.19. The van der Waals surface area contributed by atoms with E-state index in [9.17, 15) is 18.0 Å². The number of alkyl halides is 3. The van der Waals surface area contributed by atoms with Gasteiger partial charge in [-0.05, 0) is 6.42 Å². The Bertz CT molecular complexity index is 425. The predicted molar refractivity (Wildman–Crippen MR) is 53.0 cm³/mol. The molecule has 1 heterocycles. The Morgan fingerprint density at radius 1 is 1.44 bits per heavy atom. The Morgan fingerprint density at radius 3 is 2.50 bits per heavy atom. The molecule has 1 rings (SSSR count). The number of rotatable bonds is 3. The summed E-state index contributed by atoms with van der Waals surface area (Å²) in [6.07, 6.45) is -4.61. The molecule has 0 aliphatic heterocycles. The Labute approximate surface area is 89.7 Å². The van der Waals surface area contributed by atoms with Gasteiger partial charge < -0.3 is 10.7 Å². The minimum Gasteiger partial charge on any atom is -0.383 e.